The van der Waals surface area contributed by atoms with E-state index in [2.05, 4.69) is 4.74 Å². The molecule has 0 heterocycles. The van der Waals surface area contributed by atoms with Gasteiger partial charge in [0.2, 0.25) is 0 Å². The van der Waals surface area contributed by atoms with Crippen LogP contribution in [0.1, 0.15) is 6.92 Å². The van der Waals surface area contributed by atoms with Crippen LogP contribution in [0.25, 0.3) is 0 Å². The van der Waals surface area contributed by atoms with Crippen molar-refractivity contribution in [3.63, 3.8) is 0 Å². The Morgan fingerprint density at radius 2 is 2.36 bits per heavy atom. The summed E-state index contributed by atoms with van der Waals surface area (Å²) in [6, 6.07) is 1.69. The Hall–Kier alpha value is -1.56. The van der Waals surface area contributed by atoms with Gasteiger partial charge in [0.25, 0.3) is 0 Å². The molecule has 58 valence electrons. The van der Waals surface area contributed by atoms with Crippen LogP contribution in [0.4, 0.5) is 0 Å². The maximum absolute atomic E-state index is 10.6. The van der Waals surface area contributed by atoms with E-state index in [1.807, 2.05) is 6.92 Å². The molecule has 11 heavy (non-hydrogen) atoms. The van der Waals surface area contributed by atoms with Gasteiger partial charge in [-0.3, -0.25) is 0 Å². The van der Waals surface area contributed by atoms with Gasteiger partial charge < -0.3 is 4.74 Å². The van der Waals surface area contributed by atoms with Crippen LogP contribution in [-0.4, -0.2) is 12.6 Å². The number of esters is 1. The number of hydrogen-bond acceptors (Lipinski definition) is 3. The van der Waals surface area contributed by atoms with Crippen molar-refractivity contribution >= 4 is 5.97 Å². The smallest absolute Gasteiger partial charge is 0.331 e. The summed E-state index contributed by atoms with van der Waals surface area (Å²) >= 11 is 0. The lowest BCUT2D eigenvalue weighted by Crippen LogP contribution is -1.99. The van der Waals surface area contributed by atoms with E-state index in [-0.39, 0.29) is 6.61 Å². The lowest BCUT2D eigenvalue weighted by atomic mass is 10.4. The Kier molecular flexibility index (Phi) is 5.63. The molecule has 0 bridgehead atoms. The quantitative estimate of drug-likeness (QED) is 0.346. The summed E-state index contributed by atoms with van der Waals surface area (Å²) < 4.78 is 4.42. The average Bonchev–Trinajstić information content (AvgIpc) is 2.01. The summed E-state index contributed by atoms with van der Waals surface area (Å²) in [6.07, 6.45) is 6.30. The van der Waals surface area contributed by atoms with Gasteiger partial charge in [-0.05, 0) is 6.92 Å². The number of hydrogen-bond donors (Lipinski definition) is 0. The highest BCUT2D eigenvalue weighted by molar-refractivity contribution is 5.82. The van der Waals surface area contributed by atoms with Crippen LogP contribution in [0.3, 0.4) is 0 Å². The zero-order valence-electron chi connectivity index (χ0n) is 6.28. The molecule has 3 heteroatoms. The summed E-state index contributed by atoms with van der Waals surface area (Å²) in [5, 5.41) is 8.02. The van der Waals surface area contributed by atoms with Crippen molar-refractivity contribution in [1.82, 2.24) is 0 Å². The Morgan fingerprint density at radius 3 is 2.91 bits per heavy atom. The van der Waals surface area contributed by atoms with Crippen LogP contribution in [0.15, 0.2) is 24.3 Å². The molecular formula is C8H9NO2. The minimum absolute atomic E-state index is 0.195. The minimum Gasteiger partial charge on any atom is -0.447 e. The third-order valence-corrected chi connectivity index (χ3v) is 0.815. The van der Waals surface area contributed by atoms with Crippen molar-refractivity contribution < 1.29 is 9.53 Å². The molecular weight excluding hydrogens is 142 g/mol. The van der Waals surface area contributed by atoms with Gasteiger partial charge in [0.15, 0.2) is 6.61 Å². The number of rotatable bonds is 3. The first-order valence-corrected chi connectivity index (χ1v) is 3.14. The van der Waals surface area contributed by atoms with Crippen LogP contribution in [0.2, 0.25) is 0 Å². The second kappa shape index (κ2) is 6.56. The average molecular weight is 151 g/mol. The van der Waals surface area contributed by atoms with Crippen LogP contribution in [0, 0.1) is 11.3 Å². The molecule has 0 aliphatic carbocycles. The fourth-order valence-electron chi connectivity index (χ4n) is 0.397. The molecule has 0 rings (SSSR count). The summed E-state index contributed by atoms with van der Waals surface area (Å²) in [7, 11) is 0. The van der Waals surface area contributed by atoms with Crippen molar-refractivity contribution in [1.29, 1.82) is 5.26 Å². The van der Waals surface area contributed by atoms with E-state index in [9.17, 15) is 4.79 Å². The molecule has 3 nitrogen and oxygen atoms in total. The number of carbonyl (C=O) groups excluding carboxylic acids is 1. The lowest BCUT2D eigenvalue weighted by Gasteiger charge is -1.90. The summed E-state index contributed by atoms with van der Waals surface area (Å²) in [4.78, 5) is 10.6. The lowest BCUT2D eigenvalue weighted by molar-refractivity contribution is -0.136. The van der Waals surface area contributed by atoms with E-state index in [0.717, 1.165) is 0 Å². The first-order valence-electron chi connectivity index (χ1n) is 3.14. The van der Waals surface area contributed by atoms with E-state index in [1.165, 1.54) is 6.08 Å². The number of nitriles is 1. The summed E-state index contributed by atoms with van der Waals surface area (Å²) in [5.41, 5.74) is 0. The second-order valence-electron chi connectivity index (χ2n) is 1.65. The zero-order valence-corrected chi connectivity index (χ0v) is 6.28. The van der Waals surface area contributed by atoms with Gasteiger partial charge in [0.1, 0.15) is 6.07 Å². The predicted molar refractivity (Wildman–Crippen MR) is 40.5 cm³/mol. The first-order chi connectivity index (χ1) is 5.31. The topological polar surface area (TPSA) is 50.1 Å². The number of allylic oxidation sites excluding steroid dienone is 3. The molecule has 0 aromatic carbocycles. The monoisotopic (exact) mass is 151 g/mol. The van der Waals surface area contributed by atoms with Gasteiger partial charge in [-0.15, -0.1) is 0 Å². The molecule has 0 amide bonds. The highest BCUT2D eigenvalue weighted by atomic mass is 16.5. The minimum atomic E-state index is -0.496. The normalized spacial score (nSPS) is 10.2. The van der Waals surface area contributed by atoms with Crippen LogP contribution in [-0.2, 0) is 9.53 Å². The molecule has 0 saturated heterocycles. The molecule has 0 aromatic rings. The third kappa shape index (κ3) is 6.32. The third-order valence-electron chi connectivity index (χ3n) is 0.815. The highest BCUT2D eigenvalue weighted by Gasteiger charge is 1.91. The molecule has 0 fully saturated rings. The van der Waals surface area contributed by atoms with Gasteiger partial charge in [0.05, 0.1) is 0 Å². The van der Waals surface area contributed by atoms with Gasteiger partial charge >= 0.3 is 5.97 Å². The largest absolute Gasteiger partial charge is 0.447 e. The molecule has 0 N–H and O–H groups in total. The summed E-state index contributed by atoms with van der Waals surface area (Å²) in [5.74, 6) is -0.496. The van der Waals surface area contributed by atoms with Crippen molar-refractivity contribution in [2.45, 2.75) is 6.92 Å². The fraction of sp³-hybridized carbons (Fsp3) is 0.250. The standard InChI is InChI=1S/C8H9NO2/c1-2-3-4-5-8(10)11-7-6-9/h2-5H,7H2,1H3/b3-2+,5-4+. The first kappa shape index (κ1) is 9.44. The van der Waals surface area contributed by atoms with Gasteiger partial charge in [-0.2, -0.15) is 5.26 Å². The Bertz CT molecular complexity index is 211. The highest BCUT2D eigenvalue weighted by Crippen LogP contribution is 1.81. The summed E-state index contributed by atoms with van der Waals surface area (Å²) in [6.45, 7) is 1.64. The molecule has 0 atom stereocenters. The maximum atomic E-state index is 10.6. The van der Waals surface area contributed by atoms with E-state index >= 15 is 0 Å². The van der Waals surface area contributed by atoms with E-state index < -0.39 is 5.97 Å². The van der Waals surface area contributed by atoms with Gasteiger partial charge in [-0.25, -0.2) is 4.79 Å². The molecule has 0 saturated carbocycles. The number of ether oxygens (including phenoxy) is 1. The molecule has 0 aromatic heterocycles. The molecule has 0 spiro atoms. The Balaban J connectivity index is 3.62. The molecule has 0 aliphatic rings. The Labute approximate surface area is 65.6 Å². The van der Waals surface area contributed by atoms with E-state index in [0.29, 0.717) is 0 Å². The molecule has 0 aliphatic heterocycles. The van der Waals surface area contributed by atoms with Crippen molar-refractivity contribution in [2.24, 2.45) is 0 Å². The molecule has 0 unspecified atom stereocenters. The maximum Gasteiger partial charge on any atom is 0.331 e. The second-order valence-corrected chi connectivity index (χ2v) is 1.65. The van der Waals surface area contributed by atoms with Gasteiger partial charge in [0, 0.05) is 6.08 Å². The molecule has 0 radical (unpaired) electrons. The van der Waals surface area contributed by atoms with Crippen LogP contribution >= 0.6 is 0 Å². The predicted octanol–water partition coefficient (Wildman–Crippen LogP) is 1.19. The zero-order chi connectivity index (χ0) is 8.53. The van der Waals surface area contributed by atoms with Crippen LogP contribution in [0.5, 0.6) is 0 Å². The van der Waals surface area contributed by atoms with Crippen LogP contribution < -0.4 is 0 Å². The van der Waals surface area contributed by atoms with Crippen molar-refractivity contribution in [2.75, 3.05) is 6.61 Å². The van der Waals surface area contributed by atoms with E-state index in [1.54, 1.807) is 24.3 Å². The Morgan fingerprint density at radius 1 is 1.64 bits per heavy atom. The number of nitrogens with zero attached hydrogens (tertiary/aromatic N) is 1. The van der Waals surface area contributed by atoms with Crippen molar-refractivity contribution in [3.8, 4) is 6.07 Å². The van der Waals surface area contributed by atoms with Crippen molar-refractivity contribution in [3.05, 3.63) is 24.3 Å². The van der Waals surface area contributed by atoms with Gasteiger partial charge in [-0.1, -0.05) is 18.2 Å². The fourth-order valence-corrected chi connectivity index (χ4v) is 0.397. The number of carbonyl (C=O) groups is 1. The SMILES string of the molecule is C/C=C/C=C/C(=O)OCC#N. The van der Waals surface area contributed by atoms with E-state index in [4.69, 9.17) is 5.26 Å².